The molecule has 1 heterocycles. The highest BCUT2D eigenvalue weighted by Crippen LogP contribution is 2.31. The number of methoxy groups -OCH3 is 1. The first kappa shape index (κ1) is 22.8. The number of hydrogen-bond acceptors (Lipinski definition) is 10. The van der Waals surface area contributed by atoms with Crippen molar-refractivity contribution in [1.29, 1.82) is 0 Å². The van der Waals surface area contributed by atoms with Crippen LogP contribution in [0.3, 0.4) is 0 Å². The number of rotatable bonds is 8. The summed E-state index contributed by atoms with van der Waals surface area (Å²) < 4.78 is 9.62. The number of ether oxygens (including phenoxy) is 2. The molecule has 0 atom stereocenters. The van der Waals surface area contributed by atoms with Gasteiger partial charge in [-0.3, -0.25) is 44.3 Å². The average molecular weight is 458 g/mol. The molecule has 0 unspecified atom stereocenters. The number of fused-ring (bicyclic) bond motifs is 1. The molecule has 14 nitrogen and oxygen atoms in total. The van der Waals surface area contributed by atoms with Crippen molar-refractivity contribution in [3.8, 4) is 5.75 Å². The minimum atomic E-state index is -1.15. The lowest BCUT2D eigenvalue weighted by molar-refractivity contribution is -0.385. The number of hydrogen-bond donors (Lipinski definition) is 1. The highest BCUT2D eigenvalue weighted by Gasteiger charge is 2.42. The molecule has 0 fully saturated rings. The molecule has 170 valence electrons. The van der Waals surface area contributed by atoms with Crippen LogP contribution in [0.1, 0.15) is 20.7 Å². The minimum absolute atomic E-state index is 0.172. The standard InChI is InChI=1S/C19H14N4O10/c1-32-10-5-6-12(14(7-10)23(30)31)20-15(24)9-33-16(25)8-21-18(26)11-3-2-4-13(22(28)29)17(11)19(21)27/h2-7H,8-9H2,1H3,(H,20,24). The van der Waals surface area contributed by atoms with Gasteiger partial charge in [-0.05, 0) is 18.2 Å². The smallest absolute Gasteiger partial charge is 0.326 e. The fourth-order valence-corrected chi connectivity index (χ4v) is 3.01. The first-order chi connectivity index (χ1) is 15.6. The number of carbonyl (C=O) groups excluding carboxylic acids is 4. The second-order valence-corrected chi connectivity index (χ2v) is 6.50. The van der Waals surface area contributed by atoms with Crippen LogP contribution < -0.4 is 10.1 Å². The van der Waals surface area contributed by atoms with Crippen molar-refractivity contribution in [3.63, 3.8) is 0 Å². The van der Waals surface area contributed by atoms with E-state index in [1.165, 1.54) is 31.4 Å². The molecule has 0 saturated heterocycles. The van der Waals surface area contributed by atoms with Gasteiger partial charge < -0.3 is 14.8 Å². The third-order valence-electron chi connectivity index (χ3n) is 4.50. The van der Waals surface area contributed by atoms with E-state index in [0.29, 0.717) is 4.90 Å². The van der Waals surface area contributed by atoms with Crippen molar-refractivity contribution in [2.75, 3.05) is 25.6 Å². The van der Waals surface area contributed by atoms with E-state index in [1.54, 1.807) is 0 Å². The Labute approximate surface area is 184 Å². The zero-order valence-electron chi connectivity index (χ0n) is 16.8. The molecule has 0 aromatic heterocycles. The molecular weight excluding hydrogens is 444 g/mol. The summed E-state index contributed by atoms with van der Waals surface area (Å²) in [6, 6.07) is 7.17. The van der Waals surface area contributed by atoms with Crippen LogP contribution in [-0.4, -0.2) is 58.7 Å². The van der Waals surface area contributed by atoms with Crippen molar-refractivity contribution in [2.24, 2.45) is 0 Å². The number of benzene rings is 2. The van der Waals surface area contributed by atoms with Gasteiger partial charge in [0.15, 0.2) is 6.61 Å². The van der Waals surface area contributed by atoms with Gasteiger partial charge in [0, 0.05) is 6.07 Å². The zero-order valence-corrected chi connectivity index (χ0v) is 16.8. The molecule has 1 N–H and O–H groups in total. The third-order valence-corrected chi connectivity index (χ3v) is 4.50. The Hall–Kier alpha value is -4.88. The quantitative estimate of drug-likeness (QED) is 0.261. The Morgan fingerprint density at radius 2 is 1.73 bits per heavy atom. The lowest BCUT2D eigenvalue weighted by atomic mass is 10.1. The molecule has 0 bridgehead atoms. The first-order valence-corrected chi connectivity index (χ1v) is 9.05. The molecule has 14 heteroatoms. The third kappa shape index (κ3) is 4.58. The average Bonchev–Trinajstić information content (AvgIpc) is 3.02. The molecule has 0 saturated carbocycles. The maximum absolute atomic E-state index is 12.4. The molecule has 1 aliphatic heterocycles. The van der Waals surface area contributed by atoms with Crippen molar-refractivity contribution in [1.82, 2.24) is 4.90 Å². The predicted octanol–water partition coefficient (Wildman–Crippen LogP) is 1.29. The second-order valence-electron chi connectivity index (χ2n) is 6.50. The largest absolute Gasteiger partial charge is 0.496 e. The van der Waals surface area contributed by atoms with Gasteiger partial charge in [-0.2, -0.15) is 0 Å². The highest BCUT2D eigenvalue weighted by atomic mass is 16.6. The number of nitro benzene ring substituents is 2. The minimum Gasteiger partial charge on any atom is -0.496 e. The number of nitro groups is 2. The van der Waals surface area contributed by atoms with Crippen LogP contribution in [0, 0.1) is 20.2 Å². The van der Waals surface area contributed by atoms with Crippen molar-refractivity contribution in [3.05, 3.63) is 67.8 Å². The van der Waals surface area contributed by atoms with Gasteiger partial charge >= 0.3 is 5.97 Å². The normalized spacial score (nSPS) is 12.2. The van der Waals surface area contributed by atoms with E-state index in [1.807, 2.05) is 0 Å². The van der Waals surface area contributed by atoms with Crippen LogP contribution in [-0.2, 0) is 14.3 Å². The summed E-state index contributed by atoms with van der Waals surface area (Å²) in [5, 5.41) is 24.5. The number of carbonyl (C=O) groups is 4. The van der Waals surface area contributed by atoms with Crippen molar-refractivity contribution in [2.45, 2.75) is 0 Å². The van der Waals surface area contributed by atoms with Crippen LogP contribution in [0.2, 0.25) is 0 Å². The summed E-state index contributed by atoms with van der Waals surface area (Å²) >= 11 is 0. The number of anilines is 1. The Balaban J connectivity index is 1.62. The van der Waals surface area contributed by atoms with Gasteiger partial charge in [-0.15, -0.1) is 0 Å². The molecule has 0 aliphatic carbocycles. The maximum atomic E-state index is 12.4. The molecule has 0 spiro atoms. The van der Waals surface area contributed by atoms with Crippen LogP contribution in [0.25, 0.3) is 0 Å². The van der Waals surface area contributed by atoms with Gasteiger partial charge in [-0.25, -0.2) is 0 Å². The summed E-state index contributed by atoms with van der Waals surface area (Å²) in [5.41, 5.74) is -1.88. The predicted molar refractivity (Wildman–Crippen MR) is 108 cm³/mol. The van der Waals surface area contributed by atoms with Gasteiger partial charge in [0.2, 0.25) is 0 Å². The van der Waals surface area contributed by atoms with Gasteiger partial charge in [0.1, 0.15) is 23.5 Å². The molecule has 0 radical (unpaired) electrons. The molecule has 3 amide bonds. The van der Waals surface area contributed by atoms with E-state index < -0.39 is 63.6 Å². The monoisotopic (exact) mass is 458 g/mol. The van der Waals surface area contributed by atoms with Crippen LogP contribution in [0.4, 0.5) is 17.1 Å². The fourth-order valence-electron chi connectivity index (χ4n) is 3.01. The summed E-state index contributed by atoms with van der Waals surface area (Å²) in [4.78, 5) is 70.1. The summed E-state index contributed by atoms with van der Waals surface area (Å²) in [7, 11) is 1.31. The Bertz CT molecular complexity index is 1210. The van der Waals surface area contributed by atoms with E-state index in [0.717, 1.165) is 12.1 Å². The molecule has 2 aromatic carbocycles. The van der Waals surface area contributed by atoms with E-state index in [-0.39, 0.29) is 17.0 Å². The number of nitrogens with zero attached hydrogens (tertiary/aromatic N) is 3. The van der Waals surface area contributed by atoms with Gasteiger partial charge in [0.05, 0.1) is 28.6 Å². The Morgan fingerprint density at radius 3 is 2.36 bits per heavy atom. The Kier molecular flexibility index (Phi) is 6.28. The van der Waals surface area contributed by atoms with Gasteiger partial charge in [-0.1, -0.05) is 6.07 Å². The SMILES string of the molecule is COc1ccc(NC(=O)COC(=O)CN2C(=O)c3cccc([N+](=O)[O-])c3C2=O)c([N+](=O)[O-])c1. The molecule has 33 heavy (non-hydrogen) atoms. The van der Waals surface area contributed by atoms with Gasteiger partial charge in [0.25, 0.3) is 29.1 Å². The highest BCUT2D eigenvalue weighted by molar-refractivity contribution is 6.24. The van der Waals surface area contributed by atoms with E-state index >= 15 is 0 Å². The first-order valence-electron chi connectivity index (χ1n) is 9.05. The van der Waals surface area contributed by atoms with Crippen molar-refractivity contribution < 1.29 is 38.5 Å². The molecule has 1 aliphatic rings. The fraction of sp³-hybridized carbons (Fsp3) is 0.158. The van der Waals surface area contributed by atoms with E-state index in [9.17, 15) is 39.4 Å². The van der Waals surface area contributed by atoms with E-state index in [4.69, 9.17) is 9.47 Å². The second kappa shape index (κ2) is 9.09. The molecular formula is C19H14N4O10. The topological polar surface area (TPSA) is 188 Å². The van der Waals surface area contributed by atoms with Crippen LogP contribution in [0.5, 0.6) is 5.75 Å². The Morgan fingerprint density at radius 1 is 1.03 bits per heavy atom. The lowest BCUT2D eigenvalue weighted by Crippen LogP contribution is -2.36. The summed E-state index contributed by atoms with van der Waals surface area (Å²) in [6.45, 7) is -1.76. The summed E-state index contributed by atoms with van der Waals surface area (Å²) in [5.74, 6) is -3.85. The number of esters is 1. The maximum Gasteiger partial charge on any atom is 0.326 e. The number of imide groups is 1. The van der Waals surface area contributed by atoms with Crippen molar-refractivity contribution >= 4 is 40.8 Å². The van der Waals surface area contributed by atoms with Crippen LogP contribution in [0.15, 0.2) is 36.4 Å². The van der Waals surface area contributed by atoms with E-state index in [2.05, 4.69) is 5.32 Å². The molecule has 3 rings (SSSR count). The summed E-state index contributed by atoms with van der Waals surface area (Å²) in [6.07, 6.45) is 0. The number of nitrogens with one attached hydrogen (secondary N) is 1. The lowest BCUT2D eigenvalue weighted by Gasteiger charge is -2.13. The number of amides is 3. The zero-order chi connectivity index (χ0) is 24.3. The molecule has 2 aromatic rings. The van der Waals surface area contributed by atoms with Crippen LogP contribution >= 0.6 is 0 Å².